The molecular weight excluding hydrogens is 408 g/mol. The Balaban J connectivity index is 1.31. The summed E-state index contributed by atoms with van der Waals surface area (Å²) >= 11 is 0. The Hall–Kier alpha value is -4.06. The summed E-state index contributed by atoms with van der Waals surface area (Å²) in [5.74, 6) is 0.939. The largest absolute Gasteiger partial charge is 0.489 e. The van der Waals surface area contributed by atoms with E-state index in [9.17, 15) is 9.59 Å². The van der Waals surface area contributed by atoms with Gasteiger partial charge >= 0.3 is 11.6 Å². The molecule has 0 fully saturated rings. The lowest BCUT2D eigenvalue weighted by atomic mass is 10.1. The van der Waals surface area contributed by atoms with Crippen LogP contribution in [0.1, 0.15) is 18.1 Å². The molecule has 0 saturated carbocycles. The van der Waals surface area contributed by atoms with E-state index in [0.29, 0.717) is 30.1 Å². The fourth-order valence-corrected chi connectivity index (χ4v) is 3.24. The number of esters is 1. The summed E-state index contributed by atoms with van der Waals surface area (Å²) in [7, 11) is 0. The number of hydrogen-bond acceptors (Lipinski definition) is 6. The first-order valence-electron chi connectivity index (χ1n) is 10.3. The second-order valence-corrected chi connectivity index (χ2v) is 7.11. The zero-order valence-corrected chi connectivity index (χ0v) is 17.6. The average Bonchev–Trinajstić information content (AvgIpc) is 2.82. The van der Waals surface area contributed by atoms with E-state index in [0.717, 1.165) is 16.5 Å². The van der Waals surface area contributed by atoms with E-state index in [2.05, 4.69) is 0 Å². The Morgan fingerprint density at radius 2 is 1.53 bits per heavy atom. The molecule has 6 heteroatoms. The number of carbonyl (C=O) groups excluding carboxylic acids is 1. The van der Waals surface area contributed by atoms with E-state index in [-0.39, 0.29) is 12.4 Å². The number of aryl methyl sites for hydroxylation is 1. The van der Waals surface area contributed by atoms with E-state index < -0.39 is 11.6 Å². The predicted molar refractivity (Wildman–Crippen MR) is 120 cm³/mol. The van der Waals surface area contributed by atoms with Gasteiger partial charge in [0.1, 0.15) is 29.4 Å². The minimum absolute atomic E-state index is 0.263. The van der Waals surface area contributed by atoms with E-state index in [1.54, 1.807) is 36.4 Å². The third-order valence-corrected chi connectivity index (χ3v) is 4.84. The topological polar surface area (TPSA) is 75.0 Å². The summed E-state index contributed by atoms with van der Waals surface area (Å²) in [5.41, 5.74) is 1.91. The zero-order chi connectivity index (χ0) is 22.3. The summed E-state index contributed by atoms with van der Waals surface area (Å²) in [6, 6.07) is 23.3. The molecule has 0 amide bonds. The van der Waals surface area contributed by atoms with Crippen molar-refractivity contribution in [2.75, 3.05) is 6.61 Å². The van der Waals surface area contributed by atoms with Crippen LogP contribution in [-0.4, -0.2) is 12.6 Å². The molecule has 0 N–H and O–H groups in total. The summed E-state index contributed by atoms with van der Waals surface area (Å²) < 4.78 is 21.8. The van der Waals surface area contributed by atoms with E-state index in [1.807, 2.05) is 37.3 Å². The van der Waals surface area contributed by atoms with Crippen molar-refractivity contribution in [1.82, 2.24) is 0 Å². The van der Waals surface area contributed by atoms with Crippen LogP contribution in [0.5, 0.6) is 17.2 Å². The molecule has 0 saturated heterocycles. The molecule has 32 heavy (non-hydrogen) atoms. The van der Waals surface area contributed by atoms with Crippen molar-refractivity contribution < 1.29 is 23.4 Å². The molecule has 0 bridgehead atoms. The van der Waals surface area contributed by atoms with Crippen molar-refractivity contribution in [3.05, 3.63) is 100 Å². The highest BCUT2D eigenvalue weighted by molar-refractivity contribution is 5.83. The van der Waals surface area contributed by atoms with Crippen molar-refractivity contribution in [2.24, 2.45) is 0 Å². The van der Waals surface area contributed by atoms with E-state index >= 15 is 0 Å². The van der Waals surface area contributed by atoms with Gasteiger partial charge in [-0.15, -0.1) is 0 Å². The van der Waals surface area contributed by atoms with Gasteiger partial charge in [0.2, 0.25) is 0 Å². The highest BCUT2D eigenvalue weighted by Crippen LogP contribution is 2.23. The van der Waals surface area contributed by atoms with Crippen molar-refractivity contribution in [2.45, 2.75) is 20.0 Å². The van der Waals surface area contributed by atoms with Crippen molar-refractivity contribution in [3.8, 4) is 17.2 Å². The lowest BCUT2D eigenvalue weighted by molar-refractivity contribution is -0.136. The second-order valence-electron chi connectivity index (χ2n) is 7.11. The van der Waals surface area contributed by atoms with Crippen LogP contribution in [0.25, 0.3) is 11.0 Å². The maximum absolute atomic E-state index is 12.2. The summed E-state index contributed by atoms with van der Waals surface area (Å²) in [6.45, 7) is 2.17. The molecule has 4 aromatic rings. The van der Waals surface area contributed by atoms with Crippen molar-refractivity contribution >= 4 is 16.9 Å². The molecule has 0 atom stereocenters. The molecule has 0 unspecified atom stereocenters. The average molecular weight is 430 g/mol. The smallest absolute Gasteiger partial charge is 0.349 e. The molecule has 1 heterocycles. The first-order chi connectivity index (χ1) is 15.6. The van der Waals surface area contributed by atoms with Gasteiger partial charge in [-0.3, -0.25) is 0 Å². The SMILES string of the molecule is CCc1cc(=O)oc2cc(OC(=O)COc3ccc(OCc4ccccc4)cc3)ccc12. The summed E-state index contributed by atoms with van der Waals surface area (Å²) in [4.78, 5) is 23.9. The van der Waals surface area contributed by atoms with Crippen LogP contribution >= 0.6 is 0 Å². The Bertz CT molecular complexity index is 1260. The van der Waals surface area contributed by atoms with Gasteiger partial charge in [-0.25, -0.2) is 9.59 Å². The lowest BCUT2D eigenvalue weighted by Crippen LogP contribution is -2.17. The van der Waals surface area contributed by atoms with Crippen LogP contribution in [0.15, 0.2) is 88.1 Å². The maximum atomic E-state index is 12.2. The second kappa shape index (κ2) is 9.83. The third-order valence-electron chi connectivity index (χ3n) is 4.84. The normalized spacial score (nSPS) is 10.7. The van der Waals surface area contributed by atoms with Crippen LogP contribution in [0.2, 0.25) is 0 Å². The number of benzene rings is 3. The molecule has 0 spiro atoms. The fourth-order valence-electron chi connectivity index (χ4n) is 3.24. The highest BCUT2D eigenvalue weighted by Gasteiger charge is 2.10. The lowest BCUT2D eigenvalue weighted by Gasteiger charge is -2.09. The van der Waals surface area contributed by atoms with Crippen LogP contribution < -0.4 is 19.8 Å². The van der Waals surface area contributed by atoms with E-state index in [4.69, 9.17) is 18.6 Å². The van der Waals surface area contributed by atoms with Gasteiger partial charge in [0.05, 0.1) is 0 Å². The first-order valence-corrected chi connectivity index (χ1v) is 10.3. The Morgan fingerprint density at radius 3 is 2.25 bits per heavy atom. The molecule has 0 aliphatic heterocycles. The minimum atomic E-state index is -0.567. The predicted octanol–water partition coefficient (Wildman–Crippen LogP) is 4.92. The Labute approximate surface area is 185 Å². The van der Waals surface area contributed by atoms with Gasteiger partial charge in [0, 0.05) is 17.5 Å². The molecule has 4 rings (SSSR count). The molecule has 6 nitrogen and oxygen atoms in total. The zero-order valence-electron chi connectivity index (χ0n) is 17.6. The molecule has 0 aliphatic rings. The number of hydrogen-bond donors (Lipinski definition) is 0. The molecular formula is C26H22O6. The number of ether oxygens (including phenoxy) is 3. The van der Waals surface area contributed by atoms with Crippen LogP contribution in [-0.2, 0) is 17.8 Å². The van der Waals surface area contributed by atoms with Gasteiger partial charge in [-0.2, -0.15) is 0 Å². The Kier molecular flexibility index (Phi) is 6.51. The minimum Gasteiger partial charge on any atom is -0.489 e. The van der Waals surface area contributed by atoms with Crippen LogP contribution in [0.4, 0.5) is 0 Å². The third kappa shape index (κ3) is 5.35. The van der Waals surface area contributed by atoms with Gasteiger partial charge in [0.25, 0.3) is 0 Å². The standard InChI is InChI=1S/C26H22O6/c1-2-19-14-25(27)32-24-15-22(12-13-23(19)24)31-26(28)17-30-21-10-8-20(9-11-21)29-16-18-6-4-3-5-7-18/h3-15H,2,16-17H2,1H3. The molecule has 0 aliphatic carbocycles. The molecule has 1 aromatic heterocycles. The van der Waals surface area contributed by atoms with Crippen LogP contribution in [0, 0.1) is 0 Å². The van der Waals surface area contributed by atoms with Gasteiger partial charge in [0.15, 0.2) is 6.61 Å². The summed E-state index contributed by atoms with van der Waals surface area (Å²) in [6.07, 6.45) is 0.700. The van der Waals surface area contributed by atoms with Crippen molar-refractivity contribution in [1.29, 1.82) is 0 Å². The van der Waals surface area contributed by atoms with E-state index in [1.165, 1.54) is 12.1 Å². The van der Waals surface area contributed by atoms with Crippen molar-refractivity contribution in [3.63, 3.8) is 0 Å². The fraction of sp³-hybridized carbons (Fsp3) is 0.154. The quantitative estimate of drug-likeness (QED) is 0.224. The first kappa shape index (κ1) is 21.2. The molecule has 3 aromatic carbocycles. The highest BCUT2D eigenvalue weighted by atomic mass is 16.6. The number of carbonyl (C=O) groups is 1. The molecule has 0 radical (unpaired) electrons. The number of rotatable bonds is 8. The van der Waals surface area contributed by atoms with Gasteiger partial charge in [-0.05, 0) is 53.9 Å². The molecule has 162 valence electrons. The number of fused-ring (bicyclic) bond motifs is 1. The van der Waals surface area contributed by atoms with Gasteiger partial charge < -0.3 is 18.6 Å². The Morgan fingerprint density at radius 1 is 0.844 bits per heavy atom. The maximum Gasteiger partial charge on any atom is 0.349 e. The van der Waals surface area contributed by atoms with Crippen LogP contribution in [0.3, 0.4) is 0 Å². The van der Waals surface area contributed by atoms with Gasteiger partial charge in [-0.1, -0.05) is 37.3 Å². The monoisotopic (exact) mass is 430 g/mol. The summed E-state index contributed by atoms with van der Waals surface area (Å²) in [5, 5.41) is 0.817.